The fourth-order valence-electron chi connectivity index (χ4n) is 3.32. The van der Waals surface area contributed by atoms with E-state index < -0.39 is 18.1 Å². The number of aryl methyl sites for hydroxylation is 1. The second-order valence-corrected chi connectivity index (χ2v) is 6.32. The summed E-state index contributed by atoms with van der Waals surface area (Å²) in [6.07, 6.45) is 2.77. The van der Waals surface area contributed by atoms with E-state index >= 15 is 0 Å². The van der Waals surface area contributed by atoms with Crippen molar-refractivity contribution in [3.05, 3.63) is 70.2 Å². The zero-order valence-corrected chi connectivity index (χ0v) is 14.7. The highest BCUT2D eigenvalue weighted by Gasteiger charge is 2.26. The van der Waals surface area contributed by atoms with Crippen LogP contribution < -0.4 is 15.2 Å². The lowest BCUT2D eigenvalue weighted by molar-refractivity contribution is -0.0498. The number of pyridine rings is 1. The molecule has 0 spiro atoms. The molecule has 8 heteroatoms. The molecule has 0 saturated carbocycles. The van der Waals surface area contributed by atoms with Crippen molar-refractivity contribution >= 4 is 11.6 Å². The van der Waals surface area contributed by atoms with E-state index in [0.717, 1.165) is 5.56 Å². The summed E-state index contributed by atoms with van der Waals surface area (Å²) in [5.41, 5.74) is 1.26. The molecule has 0 fully saturated rings. The van der Waals surface area contributed by atoms with Crippen molar-refractivity contribution in [2.24, 2.45) is 0 Å². The molecule has 28 heavy (non-hydrogen) atoms. The van der Waals surface area contributed by atoms with Gasteiger partial charge in [0.05, 0.1) is 12.0 Å². The minimum Gasteiger partial charge on any atom is -0.463 e. The third kappa shape index (κ3) is 3.40. The lowest BCUT2D eigenvalue weighted by Gasteiger charge is -2.29. The number of anilines is 1. The molecule has 3 heterocycles. The largest absolute Gasteiger partial charge is 0.463 e. The van der Waals surface area contributed by atoms with Crippen molar-refractivity contribution < 1.29 is 22.7 Å². The SMILES string of the molecule is O=C(c1ccc(-c2ccco2)[nH]c1=O)N1CCCc2cc(OC(F)F)ccc21. The van der Waals surface area contributed by atoms with Gasteiger partial charge in [0, 0.05) is 12.2 Å². The van der Waals surface area contributed by atoms with Crippen LogP contribution in [0.1, 0.15) is 22.3 Å². The molecular weight excluding hydrogens is 370 g/mol. The summed E-state index contributed by atoms with van der Waals surface area (Å²) < 4.78 is 34.5. The lowest BCUT2D eigenvalue weighted by atomic mass is 10.0. The van der Waals surface area contributed by atoms with Gasteiger partial charge in [-0.1, -0.05) is 0 Å². The Bertz CT molecular complexity index is 1060. The Morgan fingerprint density at radius 3 is 2.79 bits per heavy atom. The molecule has 0 saturated heterocycles. The van der Waals surface area contributed by atoms with E-state index in [1.165, 1.54) is 29.4 Å². The highest BCUT2D eigenvalue weighted by molar-refractivity contribution is 6.06. The number of hydrogen-bond donors (Lipinski definition) is 1. The number of nitrogens with one attached hydrogen (secondary N) is 1. The van der Waals surface area contributed by atoms with E-state index in [1.54, 1.807) is 24.3 Å². The molecule has 0 bridgehead atoms. The van der Waals surface area contributed by atoms with E-state index in [-0.39, 0.29) is 11.3 Å². The number of halogens is 2. The number of benzene rings is 1. The smallest absolute Gasteiger partial charge is 0.387 e. The molecule has 1 amide bonds. The molecule has 1 aliphatic heterocycles. The first kappa shape index (κ1) is 18.0. The van der Waals surface area contributed by atoms with Crippen molar-refractivity contribution in [2.45, 2.75) is 19.5 Å². The average molecular weight is 386 g/mol. The van der Waals surface area contributed by atoms with Crippen LogP contribution in [0.15, 0.2) is 57.9 Å². The Kier molecular flexibility index (Phi) is 4.68. The van der Waals surface area contributed by atoms with Crippen molar-refractivity contribution in [1.82, 2.24) is 4.98 Å². The van der Waals surface area contributed by atoms with Gasteiger partial charge in [-0.25, -0.2) is 0 Å². The van der Waals surface area contributed by atoms with Gasteiger partial charge in [0.15, 0.2) is 0 Å². The maximum atomic E-state index is 13.0. The minimum atomic E-state index is -2.91. The summed E-state index contributed by atoms with van der Waals surface area (Å²) in [6, 6.07) is 10.9. The summed E-state index contributed by atoms with van der Waals surface area (Å²) in [7, 11) is 0. The second-order valence-electron chi connectivity index (χ2n) is 6.32. The van der Waals surface area contributed by atoms with Crippen molar-refractivity contribution in [3.63, 3.8) is 0 Å². The lowest BCUT2D eigenvalue weighted by Crippen LogP contribution is -2.38. The molecule has 1 aliphatic rings. The normalized spacial score (nSPS) is 13.5. The number of carbonyl (C=O) groups is 1. The maximum absolute atomic E-state index is 13.0. The highest BCUT2D eigenvalue weighted by atomic mass is 19.3. The quantitative estimate of drug-likeness (QED) is 0.740. The monoisotopic (exact) mass is 386 g/mol. The summed E-state index contributed by atoms with van der Waals surface area (Å²) in [5, 5.41) is 0. The van der Waals surface area contributed by atoms with Gasteiger partial charge in [-0.05, 0) is 60.9 Å². The predicted octanol–water partition coefficient (Wildman–Crippen LogP) is 3.83. The van der Waals surface area contributed by atoms with Crippen LogP contribution in [0.2, 0.25) is 0 Å². The topological polar surface area (TPSA) is 75.5 Å². The third-order valence-electron chi connectivity index (χ3n) is 4.57. The number of hydrogen-bond acceptors (Lipinski definition) is 4. The molecule has 0 aliphatic carbocycles. The van der Waals surface area contributed by atoms with E-state index in [2.05, 4.69) is 9.72 Å². The van der Waals surface area contributed by atoms with Crippen LogP contribution in [0.5, 0.6) is 5.75 Å². The number of fused-ring (bicyclic) bond motifs is 1. The molecule has 0 atom stereocenters. The molecule has 2 aromatic heterocycles. The molecule has 4 rings (SSSR count). The molecule has 6 nitrogen and oxygen atoms in total. The molecule has 1 aromatic carbocycles. The van der Waals surface area contributed by atoms with Crippen LogP contribution in [0.4, 0.5) is 14.5 Å². The number of nitrogens with zero attached hydrogens (tertiary/aromatic N) is 1. The van der Waals surface area contributed by atoms with E-state index in [4.69, 9.17) is 4.42 Å². The molecule has 0 unspecified atom stereocenters. The third-order valence-corrected chi connectivity index (χ3v) is 4.57. The predicted molar refractivity (Wildman–Crippen MR) is 97.8 cm³/mol. The van der Waals surface area contributed by atoms with Crippen LogP contribution in [0.25, 0.3) is 11.5 Å². The Morgan fingerprint density at radius 2 is 2.07 bits per heavy atom. The van der Waals surface area contributed by atoms with Gasteiger partial charge in [-0.2, -0.15) is 8.78 Å². The zero-order valence-electron chi connectivity index (χ0n) is 14.7. The minimum absolute atomic E-state index is 0.00365. The van der Waals surface area contributed by atoms with Crippen LogP contribution in [0, 0.1) is 0 Å². The van der Waals surface area contributed by atoms with Crippen molar-refractivity contribution in [1.29, 1.82) is 0 Å². The van der Waals surface area contributed by atoms with Crippen molar-refractivity contribution in [2.75, 3.05) is 11.4 Å². The summed E-state index contributed by atoms with van der Waals surface area (Å²) >= 11 is 0. The first-order chi connectivity index (χ1) is 13.5. The molecule has 144 valence electrons. The van der Waals surface area contributed by atoms with Crippen LogP contribution >= 0.6 is 0 Å². The molecule has 3 aromatic rings. The summed E-state index contributed by atoms with van der Waals surface area (Å²) in [4.78, 5) is 29.6. The second kappa shape index (κ2) is 7.30. The van der Waals surface area contributed by atoms with Crippen LogP contribution in [-0.4, -0.2) is 24.0 Å². The summed E-state index contributed by atoms with van der Waals surface area (Å²) in [6.45, 7) is -2.48. The number of ether oxygens (including phenoxy) is 1. The molecule has 0 radical (unpaired) electrons. The van der Waals surface area contributed by atoms with Crippen LogP contribution in [0.3, 0.4) is 0 Å². The Morgan fingerprint density at radius 1 is 1.21 bits per heavy atom. The van der Waals surface area contributed by atoms with Gasteiger partial charge < -0.3 is 19.0 Å². The molecule has 1 N–H and O–H groups in total. The van der Waals surface area contributed by atoms with Crippen molar-refractivity contribution in [3.8, 4) is 17.2 Å². The first-order valence-electron chi connectivity index (χ1n) is 8.70. The van der Waals surface area contributed by atoms with Gasteiger partial charge >= 0.3 is 6.61 Å². The van der Waals surface area contributed by atoms with Gasteiger partial charge in [-0.3, -0.25) is 9.59 Å². The number of amides is 1. The van der Waals surface area contributed by atoms with Gasteiger partial charge in [0.1, 0.15) is 17.1 Å². The number of aromatic amines is 1. The standard InChI is InChI=1S/C20H16F2N2O4/c21-20(22)28-13-5-8-16-12(11-13)3-1-9-24(16)19(26)14-6-7-15(23-18(14)25)17-4-2-10-27-17/h2,4-8,10-11,20H,1,3,9H2,(H,23,25). The van der Waals surface area contributed by atoms with E-state index in [1.807, 2.05) is 0 Å². The summed E-state index contributed by atoms with van der Waals surface area (Å²) in [5.74, 6) is 0.0883. The van der Waals surface area contributed by atoms with Gasteiger partial charge in [0.25, 0.3) is 11.5 Å². The first-order valence-corrected chi connectivity index (χ1v) is 8.70. The number of carbonyl (C=O) groups excluding carboxylic acids is 1. The Labute approximate surface area is 158 Å². The number of H-pyrrole nitrogens is 1. The zero-order chi connectivity index (χ0) is 19.7. The fraction of sp³-hybridized carbons (Fsp3) is 0.200. The van der Waals surface area contributed by atoms with Gasteiger partial charge in [0.2, 0.25) is 0 Å². The Balaban J connectivity index is 1.64. The Hall–Kier alpha value is -3.42. The van der Waals surface area contributed by atoms with Gasteiger partial charge in [-0.15, -0.1) is 0 Å². The number of aromatic nitrogens is 1. The number of furan rings is 1. The maximum Gasteiger partial charge on any atom is 0.387 e. The fourth-order valence-corrected chi connectivity index (χ4v) is 3.32. The average Bonchev–Trinajstić information content (AvgIpc) is 3.21. The number of alkyl halides is 2. The highest BCUT2D eigenvalue weighted by Crippen LogP contribution is 2.32. The van der Waals surface area contributed by atoms with E-state index in [9.17, 15) is 18.4 Å². The van der Waals surface area contributed by atoms with Crippen LogP contribution in [-0.2, 0) is 6.42 Å². The van der Waals surface area contributed by atoms with E-state index in [0.29, 0.717) is 36.5 Å². The molecular formula is C20H16F2N2O4. The number of rotatable bonds is 4.